The molecule has 1 aliphatic rings. The number of Topliss-reactive ketones (excluding diaryl/α,β-unsaturated/α-hetero) is 1. The molecular formula is C29H40O2. The van der Waals surface area contributed by atoms with Gasteiger partial charge in [0.05, 0.1) is 6.61 Å². The van der Waals surface area contributed by atoms with Crippen molar-refractivity contribution in [2.45, 2.75) is 90.4 Å². The van der Waals surface area contributed by atoms with Gasteiger partial charge < -0.3 is 4.74 Å². The summed E-state index contributed by atoms with van der Waals surface area (Å²) in [6.45, 7) is 5.27. The molecule has 0 radical (unpaired) electrons. The lowest BCUT2D eigenvalue weighted by molar-refractivity contribution is -0.123. The van der Waals surface area contributed by atoms with Gasteiger partial charge in [0.1, 0.15) is 11.5 Å². The molecule has 0 N–H and O–H groups in total. The fraction of sp³-hybridized carbons (Fsp3) is 0.552. The van der Waals surface area contributed by atoms with Crippen molar-refractivity contribution < 1.29 is 9.53 Å². The first-order chi connectivity index (χ1) is 15.2. The van der Waals surface area contributed by atoms with Gasteiger partial charge in [0.2, 0.25) is 0 Å². The largest absolute Gasteiger partial charge is 0.494 e. The zero-order valence-electron chi connectivity index (χ0n) is 19.6. The van der Waals surface area contributed by atoms with Gasteiger partial charge in [-0.25, -0.2) is 0 Å². The van der Waals surface area contributed by atoms with Crippen LogP contribution in [0.5, 0.6) is 5.75 Å². The Morgan fingerprint density at radius 2 is 1.42 bits per heavy atom. The van der Waals surface area contributed by atoms with E-state index in [0.29, 0.717) is 11.7 Å². The van der Waals surface area contributed by atoms with Crippen LogP contribution < -0.4 is 4.74 Å². The number of hydrogen-bond donors (Lipinski definition) is 0. The molecule has 1 saturated carbocycles. The molecule has 2 aromatic rings. The van der Waals surface area contributed by atoms with Crippen LogP contribution >= 0.6 is 0 Å². The minimum absolute atomic E-state index is 0.0972. The highest BCUT2D eigenvalue weighted by molar-refractivity contribution is 5.86. The molecule has 0 spiro atoms. The van der Waals surface area contributed by atoms with Crippen molar-refractivity contribution >= 4 is 5.78 Å². The molecule has 2 atom stereocenters. The Morgan fingerprint density at radius 1 is 0.774 bits per heavy atom. The van der Waals surface area contributed by atoms with Crippen LogP contribution in [-0.2, 0) is 4.79 Å². The topological polar surface area (TPSA) is 26.3 Å². The van der Waals surface area contributed by atoms with Crippen molar-refractivity contribution in [3.63, 3.8) is 0 Å². The second kappa shape index (κ2) is 12.7. The van der Waals surface area contributed by atoms with Gasteiger partial charge in [0, 0.05) is 12.3 Å². The third kappa shape index (κ3) is 7.23. The van der Waals surface area contributed by atoms with Gasteiger partial charge in [-0.3, -0.25) is 4.79 Å². The molecule has 0 aromatic heterocycles. The van der Waals surface area contributed by atoms with Crippen LogP contribution in [0.15, 0.2) is 48.5 Å². The number of carbonyl (C=O) groups is 1. The summed E-state index contributed by atoms with van der Waals surface area (Å²) in [5.74, 6) is 2.10. The van der Waals surface area contributed by atoms with Crippen LogP contribution in [0.25, 0.3) is 11.1 Å². The van der Waals surface area contributed by atoms with Crippen molar-refractivity contribution in [1.82, 2.24) is 0 Å². The van der Waals surface area contributed by atoms with Gasteiger partial charge in [-0.2, -0.15) is 0 Å². The highest BCUT2D eigenvalue weighted by Gasteiger charge is 2.29. The molecule has 0 saturated heterocycles. The monoisotopic (exact) mass is 420 g/mol. The molecule has 2 aromatic carbocycles. The van der Waals surface area contributed by atoms with E-state index in [9.17, 15) is 4.79 Å². The predicted octanol–water partition coefficient (Wildman–Crippen LogP) is 8.35. The average Bonchev–Trinajstić information content (AvgIpc) is 2.81. The second-order valence-corrected chi connectivity index (χ2v) is 9.22. The van der Waals surface area contributed by atoms with E-state index in [1.54, 1.807) is 0 Å². The third-order valence-corrected chi connectivity index (χ3v) is 6.73. The molecule has 0 aliphatic heterocycles. The lowest BCUT2D eigenvalue weighted by atomic mass is 9.76. The number of hydrogen-bond acceptors (Lipinski definition) is 2. The number of ketones is 1. The zero-order valence-corrected chi connectivity index (χ0v) is 19.6. The predicted molar refractivity (Wildman–Crippen MR) is 131 cm³/mol. The highest BCUT2D eigenvalue weighted by atomic mass is 16.5. The van der Waals surface area contributed by atoms with Crippen molar-refractivity contribution in [2.24, 2.45) is 5.92 Å². The number of benzene rings is 2. The van der Waals surface area contributed by atoms with Gasteiger partial charge in [-0.15, -0.1) is 0 Å². The van der Waals surface area contributed by atoms with Crippen LogP contribution in [0.2, 0.25) is 0 Å². The molecule has 168 valence electrons. The fourth-order valence-electron chi connectivity index (χ4n) is 4.73. The maximum Gasteiger partial charge on any atom is 0.140 e. The van der Waals surface area contributed by atoms with E-state index in [0.717, 1.165) is 31.6 Å². The van der Waals surface area contributed by atoms with E-state index in [2.05, 4.69) is 62.4 Å². The Kier molecular flexibility index (Phi) is 9.65. The zero-order chi connectivity index (χ0) is 21.9. The van der Waals surface area contributed by atoms with Crippen molar-refractivity contribution in [3.8, 4) is 16.9 Å². The van der Waals surface area contributed by atoms with E-state index < -0.39 is 0 Å². The number of rotatable bonds is 12. The standard InChI is InChI=1S/C29H40O2/c1-3-5-7-8-9-21-31-27-18-16-25(17-19-27)24-12-14-26(15-13-24)28-20-11-23(10-6-4-2)22-29(28)30/h12-19,23,28H,3-11,20-22H2,1-2H3. The van der Waals surface area contributed by atoms with Gasteiger partial charge in [-0.05, 0) is 54.0 Å². The van der Waals surface area contributed by atoms with Gasteiger partial charge in [-0.1, -0.05) is 95.2 Å². The van der Waals surface area contributed by atoms with Crippen LogP contribution in [-0.4, -0.2) is 12.4 Å². The molecule has 3 rings (SSSR count). The van der Waals surface area contributed by atoms with E-state index >= 15 is 0 Å². The van der Waals surface area contributed by atoms with Gasteiger partial charge in [0.15, 0.2) is 0 Å². The first-order valence-electron chi connectivity index (χ1n) is 12.6. The van der Waals surface area contributed by atoms with E-state index in [-0.39, 0.29) is 5.92 Å². The van der Waals surface area contributed by atoms with Gasteiger partial charge in [0.25, 0.3) is 0 Å². The van der Waals surface area contributed by atoms with Crippen LogP contribution in [0.4, 0.5) is 0 Å². The highest BCUT2D eigenvalue weighted by Crippen LogP contribution is 2.36. The summed E-state index contributed by atoms with van der Waals surface area (Å²) in [4.78, 5) is 12.7. The molecule has 1 fully saturated rings. The number of unbranched alkanes of at least 4 members (excludes halogenated alkanes) is 5. The summed E-state index contributed by atoms with van der Waals surface area (Å²) in [5.41, 5.74) is 3.57. The summed E-state index contributed by atoms with van der Waals surface area (Å²) >= 11 is 0. The molecule has 2 unspecified atom stereocenters. The van der Waals surface area contributed by atoms with Crippen molar-refractivity contribution in [1.29, 1.82) is 0 Å². The van der Waals surface area contributed by atoms with Crippen LogP contribution in [0.3, 0.4) is 0 Å². The average molecular weight is 421 g/mol. The molecule has 2 nitrogen and oxygen atoms in total. The third-order valence-electron chi connectivity index (χ3n) is 6.73. The first-order valence-corrected chi connectivity index (χ1v) is 12.6. The number of ether oxygens (including phenoxy) is 1. The fourth-order valence-corrected chi connectivity index (χ4v) is 4.73. The Labute approximate surface area is 189 Å². The summed E-state index contributed by atoms with van der Waals surface area (Å²) < 4.78 is 5.88. The molecular weight excluding hydrogens is 380 g/mol. The van der Waals surface area contributed by atoms with Crippen LogP contribution in [0.1, 0.15) is 96.0 Å². The quantitative estimate of drug-likeness (QED) is 0.322. The Balaban J connectivity index is 1.50. The summed E-state index contributed by atoms with van der Waals surface area (Å²) in [7, 11) is 0. The summed E-state index contributed by atoms with van der Waals surface area (Å²) in [6, 6.07) is 17.0. The Bertz CT molecular complexity index is 775. The molecule has 31 heavy (non-hydrogen) atoms. The normalized spacial score (nSPS) is 18.8. The van der Waals surface area contributed by atoms with E-state index in [1.165, 1.54) is 68.1 Å². The van der Waals surface area contributed by atoms with E-state index in [1.807, 2.05) is 0 Å². The van der Waals surface area contributed by atoms with Gasteiger partial charge >= 0.3 is 0 Å². The Hall–Kier alpha value is -2.09. The van der Waals surface area contributed by atoms with Crippen molar-refractivity contribution in [2.75, 3.05) is 6.61 Å². The maximum atomic E-state index is 12.7. The van der Waals surface area contributed by atoms with Crippen LogP contribution in [0, 0.1) is 5.92 Å². The lowest BCUT2D eigenvalue weighted by Crippen LogP contribution is -2.23. The number of carbonyl (C=O) groups excluding carboxylic acids is 1. The maximum absolute atomic E-state index is 12.7. The summed E-state index contributed by atoms with van der Waals surface area (Å²) in [6.07, 6.45) is 12.9. The first kappa shape index (κ1) is 23.6. The molecule has 2 heteroatoms. The molecule has 0 heterocycles. The Morgan fingerprint density at radius 3 is 2.06 bits per heavy atom. The smallest absolute Gasteiger partial charge is 0.140 e. The minimum atomic E-state index is 0.0972. The second-order valence-electron chi connectivity index (χ2n) is 9.22. The van der Waals surface area contributed by atoms with E-state index in [4.69, 9.17) is 4.74 Å². The molecule has 0 bridgehead atoms. The molecule has 0 amide bonds. The lowest BCUT2D eigenvalue weighted by Gasteiger charge is -2.27. The summed E-state index contributed by atoms with van der Waals surface area (Å²) in [5, 5.41) is 0. The van der Waals surface area contributed by atoms with Crippen molar-refractivity contribution in [3.05, 3.63) is 54.1 Å². The molecule has 1 aliphatic carbocycles. The SMILES string of the molecule is CCCCCCCOc1ccc(-c2ccc(C3CCC(CCCC)CC3=O)cc2)cc1. The minimum Gasteiger partial charge on any atom is -0.494 e.